The van der Waals surface area contributed by atoms with E-state index in [0.29, 0.717) is 13.1 Å². The summed E-state index contributed by atoms with van der Waals surface area (Å²) in [6, 6.07) is 1.79. The van der Waals surface area contributed by atoms with Crippen molar-refractivity contribution >= 4 is 17.2 Å². The first kappa shape index (κ1) is 14.1. The van der Waals surface area contributed by atoms with Gasteiger partial charge in [-0.05, 0) is 22.4 Å². The van der Waals surface area contributed by atoms with Gasteiger partial charge < -0.3 is 10.4 Å². The molecule has 0 spiro atoms. The van der Waals surface area contributed by atoms with Gasteiger partial charge in [-0.2, -0.15) is 11.3 Å². The molecule has 0 bridgehead atoms. The largest absolute Gasteiger partial charge is 0.390 e. The highest BCUT2D eigenvalue weighted by Crippen LogP contribution is 2.16. The molecule has 110 valence electrons. The smallest absolute Gasteiger partial charge is 0.271 e. The average Bonchev–Trinajstić information content (AvgIpc) is 3.11. The number of hydrogen-bond donors (Lipinski definition) is 2. The number of carbonyl (C=O) groups is 1. The standard InChI is InChI=1S/C14H16N4O2S/c19-13-8-18(6-10-1-4-21-9-10)7-12(13)17-14(20)11-5-15-2-3-16-11/h1-5,9,12-13,19H,6-8H2,(H,17,20)/t12-,13-/m1/s1. The second-order valence-corrected chi connectivity index (χ2v) is 5.84. The molecule has 7 heteroatoms. The van der Waals surface area contributed by atoms with Crippen molar-refractivity contribution in [1.82, 2.24) is 20.2 Å². The molecule has 6 nitrogen and oxygen atoms in total. The first-order valence-corrected chi connectivity index (χ1v) is 7.65. The molecule has 0 radical (unpaired) electrons. The third-order valence-electron chi connectivity index (χ3n) is 3.46. The van der Waals surface area contributed by atoms with E-state index in [0.717, 1.165) is 6.54 Å². The fourth-order valence-electron chi connectivity index (χ4n) is 2.44. The van der Waals surface area contributed by atoms with Crippen LogP contribution in [0.3, 0.4) is 0 Å². The van der Waals surface area contributed by atoms with E-state index in [-0.39, 0.29) is 17.6 Å². The average molecular weight is 304 g/mol. The number of likely N-dealkylation sites (tertiary alicyclic amines) is 1. The zero-order chi connectivity index (χ0) is 14.7. The zero-order valence-electron chi connectivity index (χ0n) is 11.3. The number of amides is 1. The van der Waals surface area contributed by atoms with Gasteiger partial charge in [-0.3, -0.25) is 14.7 Å². The van der Waals surface area contributed by atoms with Crippen molar-refractivity contribution in [1.29, 1.82) is 0 Å². The van der Waals surface area contributed by atoms with E-state index in [9.17, 15) is 9.90 Å². The van der Waals surface area contributed by atoms with Crippen LogP contribution in [0.4, 0.5) is 0 Å². The van der Waals surface area contributed by atoms with Gasteiger partial charge in [0.15, 0.2) is 0 Å². The molecular weight excluding hydrogens is 288 g/mol. The van der Waals surface area contributed by atoms with Crippen LogP contribution in [0.2, 0.25) is 0 Å². The summed E-state index contributed by atoms with van der Waals surface area (Å²) in [6.45, 7) is 1.97. The number of thiophene rings is 1. The van der Waals surface area contributed by atoms with Crippen LogP contribution in [-0.2, 0) is 6.54 Å². The lowest BCUT2D eigenvalue weighted by Crippen LogP contribution is -2.43. The van der Waals surface area contributed by atoms with Gasteiger partial charge in [0.05, 0.1) is 18.3 Å². The van der Waals surface area contributed by atoms with E-state index >= 15 is 0 Å². The second kappa shape index (κ2) is 6.30. The Labute approximate surface area is 126 Å². The molecule has 21 heavy (non-hydrogen) atoms. The van der Waals surface area contributed by atoms with Crippen LogP contribution in [0.1, 0.15) is 16.1 Å². The van der Waals surface area contributed by atoms with Crippen LogP contribution < -0.4 is 5.32 Å². The maximum Gasteiger partial charge on any atom is 0.271 e. The van der Waals surface area contributed by atoms with Gasteiger partial charge >= 0.3 is 0 Å². The van der Waals surface area contributed by atoms with Crippen molar-refractivity contribution in [3.63, 3.8) is 0 Å². The number of nitrogens with zero attached hydrogens (tertiary/aromatic N) is 3. The van der Waals surface area contributed by atoms with Gasteiger partial charge in [0.1, 0.15) is 5.69 Å². The van der Waals surface area contributed by atoms with Crippen LogP contribution in [0, 0.1) is 0 Å². The Morgan fingerprint density at radius 1 is 1.48 bits per heavy atom. The number of rotatable bonds is 4. The lowest BCUT2D eigenvalue weighted by Gasteiger charge is -2.16. The minimum atomic E-state index is -0.566. The summed E-state index contributed by atoms with van der Waals surface area (Å²) < 4.78 is 0. The van der Waals surface area contributed by atoms with Crippen LogP contribution >= 0.6 is 11.3 Å². The number of aliphatic hydroxyl groups is 1. The molecule has 3 heterocycles. The molecule has 1 amide bonds. The van der Waals surface area contributed by atoms with E-state index in [2.05, 4.69) is 31.6 Å². The fourth-order valence-corrected chi connectivity index (χ4v) is 3.10. The normalized spacial score (nSPS) is 22.3. The molecule has 2 aromatic rings. The molecule has 0 saturated carbocycles. The molecule has 2 aromatic heterocycles. The van der Waals surface area contributed by atoms with Crippen molar-refractivity contribution in [2.75, 3.05) is 13.1 Å². The van der Waals surface area contributed by atoms with E-state index < -0.39 is 6.10 Å². The number of nitrogens with one attached hydrogen (secondary N) is 1. The van der Waals surface area contributed by atoms with Gasteiger partial charge in [0.2, 0.25) is 0 Å². The number of β-amino-alcohol motifs (C(OH)–C–C–N with tert-alkyl or cyclic N) is 1. The maximum atomic E-state index is 12.0. The van der Waals surface area contributed by atoms with E-state index in [4.69, 9.17) is 0 Å². The summed E-state index contributed by atoms with van der Waals surface area (Å²) in [5.74, 6) is -0.301. The van der Waals surface area contributed by atoms with Gasteiger partial charge in [-0.1, -0.05) is 0 Å². The van der Waals surface area contributed by atoms with Crippen molar-refractivity contribution in [2.24, 2.45) is 0 Å². The highest BCUT2D eigenvalue weighted by molar-refractivity contribution is 7.07. The Hall–Kier alpha value is -1.83. The molecule has 3 rings (SSSR count). The molecule has 0 aromatic carbocycles. The summed E-state index contributed by atoms with van der Waals surface area (Å²) in [4.78, 5) is 22.0. The monoisotopic (exact) mass is 304 g/mol. The van der Waals surface area contributed by atoms with Crippen molar-refractivity contribution in [2.45, 2.75) is 18.7 Å². The molecule has 2 atom stereocenters. The summed E-state index contributed by atoms with van der Waals surface area (Å²) in [5.41, 5.74) is 1.49. The third-order valence-corrected chi connectivity index (χ3v) is 4.20. The predicted molar refractivity (Wildman–Crippen MR) is 78.9 cm³/mol. The molecule has 0 unspecified atom stereocenters. The van der Waals surface area contributed by atoms with Gasteiger partial charge in [-0.15, -0.1) is 0 Å². The molecule has 1 aliphatic heterocycles. The van der Waals surface area contributed by atoms with E-state index in [1.807, 2.05) is 5.38 Å². The van der Waals surface area contributed by atoms with Crippen molar-refractivity contribution in [3.8, 4) is 0 Å². The Morgan fingerprint density at radius 3 is 3.10 bits per heavy atom. The molecule has 0 aliphatic carbocycles. The Balaban J connectivity index is 1.58. The highest BCUT2D eigenvalue weighted by atomic mass is 32.1. The van der Waals surface area contributed by atoms with Gasteiger partial charge in [0, 0.05) is 32.0 Å². The summed E-state index contributed by atoms with van der Waals surface area (Å²) in [5, 5.41) is 17.0. The van der Waals surface area contributed by atoms with Crippen LogP contribution in [-0.4, -0.2) is 51.1 Å². The third kappa shape index (κ3) is 3.44. The predicted octanol–water partition coefficient (Wildman–Crippen LogP) is 0.513. The Bertz CT molecular complexity index is 590. The zero-order valence-corrected chi connectivity index (χ0v) is 12.2. The van der Waals surface area contributed by atoms with Crippen LogP contribution in [0.5, 0.6) is 0 Å². The lowest BCUT2D eigenvalue weighted by molar-refractivity contribution is 0.0883. The molecular formula is C14H16N4O2S. The van der Waals surface area contributed by atoms with Crippen LogP contribution in [0.15, 0.2) is 35.4 Å². The lowest BCUT2D eigenvalue weighted by atomic mass is 10.2. The highest BCUT2D eigenvalue weighted by Gasteiger charge is 2.32. The summed E-state index contributed by atoms with van der Waals surface area (Å²) >= 11 is 1.66. The molecule has 1 fully saturated rings. The fraction of sp³-hybridized carbons (Fsp3) is 0.357. The molecule has 1 aliphatic rings. The molecule has 1 saturated heterocycles. The quantitative estimate of drug-likeness (QED) is 0.861. The van der Waals surface area contributed by atoms with Gasteiger partial charge in [0.25, 0.3) is 5.91 Å². The van der Waals surface area contributed by atoms with E-state index in [1.165, 1.54) is 24.2 Å². The minimum absolute atomic E-state index is 0.265. The molecule has 2 N–H and O–H groups in total. The first-order valence-electron chi connectivity index (χ1n) is 6.71. The van der Waals surface area contributed by atoms with Gasteiger partial charge in [-0.25, -0.2) is 4.98 Å². The number of aliphatic hydroxyl groups excluding tert-OH is 1. The topological polar surface area (TPSA) is 78.4 Å². The minimum Gasteiger partial charge on any atom is -0.390 e. The van der Waals surface area contributed by atoms with Crippen molar-refractivity contribution < 1.29 is 9.90 Å². The van der Waals surface area contributed by atoms with Crippen molar-refractivity contribution in [3.05, 3.63) is 46.7 Å². The SMILES string of the molecule is O=C(N[C@@H]1CN(Cc2ccsc2)C[C@H]1O)c1cnccn1. The van der Waals surface area contributed by atoms with Crippen LogP contribution in [0.25, 0.3) is 0 Å². The summed E-state index contributed by atoms with van der Waals surface area (Å²) in [7, 11) is 0. The Morgan fingerprint density at radius 2 is 2.38 bits per heavy atom. The summed E-state index contributed by atoms with van der Waals surface area (Å²) in [6.07, 6.45) is 3.84. The maximum absolute atomic E-state index is 12.0. The number of hydrogen-bond acceptors (Lipinski definition) is 6. The Kier molecular flexibility index (Phi) is 4.23. The number of carbonyl (C=O) groups excluding carboxylic acids is 1. The van der Waals surface area contributed by atoms with E-state index in [1.54, 1.807) is 11.3 Å². The second-order valence-electron chi connectivity index (χ2n) is 5.06. The first-order chi connectivity index (χ1) is 10.2. The number of aromatic nitrogens is 2.